The van der Waals surface area contributed by atoms with Crippen LogP contribution in [-0.2, 0) is 6.42 Å². The van der Waals surface area contributed by atoms with E-state index in [9.17, 15) is 4.79 Å². The van der Waals surface area contributed by atoms with E-state index in [2.05, 4.69) is 12.2 Å². The fourth-order valence-corrected chi connectivity index (χ4v) is 2.98. The third-order valence-corrected chi connectivity index (χ3v) is 3.71. The van der Waals surface area contributed by atoms with Gasteiger partial charge in [0, 0.05) is 18.3 Å². The van der Waals surface area contributed by atoms with E-state index in [1.165, 1.54) is 10.4 Å². The zero-order valence-electron chi connectivity index (χ0n) is 7.94. The van der Waals surface area contributed by atoms with Gasteiger partial charge in [0.25, 0.3) is 0 Å². The van der Waals surface area contributed by atoms with Crippen LogP contribution in [0.3, 0.4) is 0 Å². The second-order valence-corrected chi connectivity index (χ2v) is 4.59. The maximum absolute atomic E-state index is 11.6. The topological polar surface area (TPSA) is 29.1 Å². The SMILES string of the molecule is CNc1sc(C)c2c1C(=O)CCC2. The summed E-state index contributed by atoms with van der Waals surface area (Å²) in [5, 5.41) is 4.16. The molecule has 0 saturated heterocycles. The van der Waals surface area contributed by atoms with Crippen molar-refractivity contribution in [1.82, 2.24) is 0 Å². The molecule has 1 aliphatic rings. The molecule has 2 nitrogen and oxygen atoms in total. The van der Waals surface area contributed by atoms with Crippen LogP contribution in [0.1, 0.15) is 33.6 Å². The summed E-state index contributed by atoms with van der Waals surface area (Å²) in [6.07, 6.45) is 2.81. The van der Waals surface area contributed by atoms with Crippen LogP contribution in [0.25, 0.3) is 0 Å². The summed E-state index contributed by atoms with van der Waals surface area (Å²) in [6, 6.07) is 0. The van der Waals surface area contributed by atoms with E-state index >= 15 is 0 Å². The first-order chi connectivity index (χ1) is 6.24. The van der Waals surface area contributed by atoms with Gasteiger partial charge in [0.2, 0.25) is 0 Å². The second kappa shape index (κ2) is 3.14. The molecule has 1 aromatic rings. The van der Waals surface area contributed by atoms with Crippen LogP contribution in [0, 0.1) is 6.92 Å². The Morgan fingerprint density at radius 3 is 2.85 bits per heavy atom. The van der Waals surface area contributed by atoms with Crippen molar-refractivity contribution in [1.29, 1.82) is 0 Å². The van der Waals surface area contributed by atoms with Gasteiger partial charge in [-0.2, -0.15) is 0 Å². The number of thiophene rings is 1. The molecule has 0 spiro atoms. The Kier molecular flexibility index (Phi) is 2.12. The number of anilines is 1. The van der Waals surface area contributed by atoms with Gasteiger partial charge in [-0.1, -0.05) is 0 Å². The highest BCUT2D eigenvalue weighted by atomic mass is 32.1. The lowest BCUT2D eigenvalue weighted by atomic mass is 9.92. The Labute approximate surface area is 82.0 Å². The smallest absolute Gasteiger partial charge is 0.166 e. The molecule has 2 rings (SSSR count). The van der Waals surface area contributed by atoms with Crippen molar-refractivity contribution in [3.63, 3.8) is 0 Å². The molecule has 70 valence electrons. The number of hydrogen-bond acceptors (Lipinski definition) is 3. The number of aryl methyl sites for hydroxylation is 1. The van der Waals surface area contributed by atoms with Crippen LogP contribution in [0.15, 0.2) is 0 Å². The zero-order chi connectivity index (χ0) is 9.42. The zero-order valence-corrected chi connectivity index (χ0v) is 8.75. The van der Waals surface area contributed by atoms with Gasteiger partial charge in [-0.05, 0) is 25.3 Å². The first-order valence-corrected chi connectivity index (χ1v) is 5.39. The molecule has 1 aliphatic carbocycles. The highest BCUT2D eigenvalue weighted by Crippen LogP contribution is 2.37. The van der Waals surface area contributed by atoms with Crippen molar-refractivity contribution in [2.24, 2.45) is 0 Å². The van der Waals surface area contributed by atoms with Gasteiger partial charge in [0.1, 0.15) is 0 Å². The Morgan fingerprint density at radius 2 is 2.15 bits per heavy atom. The molecule has 0 atom stereocenters. The van der Waals surface area contributed by atoms with Gasteiger partial charge < -0.3 is 5.32 Å². The standard InChI is InChI=1S/C10H13NOS/c1-6-7-4-3-5-8(12)9(7)10(11-2)13-6/h11H,3-5H2,1-2H3. The minimum atomic E-state index is 0.315. The van der Waals surface area contributed by atoms with E-state index in [0.29, 0.717) is 5.78 Å². The fourth-order valence-electron chi connectivity index (χ4n) is 1.90. The summed E-state index contributed by atoms with van der Waals surface area (Å²) in [4.78, 5) is 12.9. The summed E-state index contributed by atoms with van der Waals surface area (Å²) in [6.45, 7) is 2.10. The van der Waals surface area contributed by atoms with Crippen molar-refractivity contribution in [3.8, 4) is 0 Å². The first kappa shape index (κ1) is 8.75. The fraction of sp³-hybridized carbons (Fsp3) is 0.500. The van der Waals surface area contributed by atoms with Gasteiger partial charge in [0.15, 0.2) is 5.78 Å². The van der Waals surface area contributed by atoms with Gasteiger partial charge in [0.05, 0.1) is 10.6 Å². The van der Waals surface area contributed by atoms with Crippen molar-refractivity contribution in [2.45, 2.75) is 26.2 Å². The van der Waals surface area contributed by atoms with E-state index < -0.39 is 0 Å². The van der Waals surface area contributed by atoms with Crippen LogP contribution < -0.4 is 5.32 Å². The number of fused-ring (bicyclic) bond motifs is 1. The van der Waals surface area contributed by atoms with Crippen molar-refractivity contribution in [3.05, 3.63) is 16.0 Å². The van der Waals surface area contributed by atoms with Crippen LogP contribution in [0.4, 0.5) is 5.00 Å². The quantitative estimate of drug-likeness (QED) is 0.746. The molecule has 0 fully saturated rings. The summed E-state index contributed by atoms with van der Waals surface area (Å²) in [5.41, 5.74) is 2.25. The largest absolute Gasteiger partial charge is 0.379 e. The van der Waals surface area contributed by atoms with E-state index in [1.54, 1.807) is 11.3 Å². The van der Waals surface area contributed by atoms with Gasteiger partial charge >= 0.3 is 0 Å². The maximum Gasteiger partial charge on any atom is 0.166 e. The molecule has 0 unspecified atom stereocenters. The number of ketones is 1. The van der Waals surface area contributed by atoms with Crippen LogP contribution in [0.2, 0.25) is 0 Å². The lowest BCUT2D eigenvalue weighted by Gasteiger charge is -2.11. The average Bonchev–Trinajstić information content (AvgIpc) is 2.45. The lowest BCUT2D eigenvalue weighted by molar-refractivity contribution is 0.0974. The molecule has 0 aromatic carbocycles. The molecule has 0 bridgehead atoms. The molecule has 3 heteroatoms. The van der Waals surface area contributed by atoms with Crippen LogP contribution in [0.5, 0.6) is 0 Å². The Balaban J connectivity index is 2.58. The molecular formula is C10H13NOS. The van der Waals surface area contributed by atoms with E-state index in [0.717, 1.165) is 29.8 Å². The Morgan fingerprint density at radius 1 is 1.38 bits per heavy atom. The predicted octanol–water partition coefficient (Wildman–Crippen LogP) is 2.62. The van der Waals surface area contributed by atoms with Gasteiger partial charge in [-0.15, -0.1) is 11.3 Å². The number of hydrogen-bond donors (Lipinski definition) is 1. The number of carbonyl (C=O) groups excluding carboxylic acids is 1. The number of rotatable bonds is 1. The normalized spacial score (nSPS) is 15.7. The van der Waals surface area contributed by atoms with Crippen LogP contribution in [-0.4, -0.2) is 12.8 Å². The number of Topliss-reactive ketones (excluding diaryl/α,β-unsaturated/α-hetero) is 1. The van der Waals surface area contributed by atoms with E-state index in [-0.39, 0.29) is 0 Å². The monoisotopic (exact) mass is 195 g/mol. The summed E-state index contributed by atoms with van der Waals surface area (Å²) in [7, 11) is 1.88. The Hall–Kier alpha value is -0.830. The van der Waals surface area contributed by atoms with Gasteiger partial charge in [-0.25, -0.2) is 0 Å². The molecule has 0 saturated carbocycles. The van der Waals surface area contributed by atoms with E-state index in [4.69, 9.17) is 0 Å². The molecule has 1 heterocycles. The lowest BCUT2D eigenvalue weighted by Crippen LogP contribution is -2.10. The van der Waals surface area contributed by atoms with Crippen molar-refractivity contribution in [2.75, 3.05) is 12.4 Å². The number of nitrogens with one attached hydrogen (secondary N) is 1. The summed E-state index contributed by atoms with van der Waals surface area (Å²) >= 11 is 1.70. The molecule has 1 N–H and O–H groups in total. The molecule has 0 aliphatic heterocycles. The average molecular weight is 195 g/mol. The summed E-state index contributed by atoms with van der Waals surface area (Å²) in [5.74, 6) is 0.315. The molecule has 13 heavy (non-hydrogen) atoms. The van der Waals surface area contributed by atoms with Gasteiger partial charge in [-0.3, -0.25) is 4.79 Å². The predicted molar refractivity (Wildman–Crippen MR) is 55.9 cm³/mol. The van der Waals surface area contributed by atoms with Crippen molar-refractivity contribution >= 4 is 22.1 Å². The first-order valence-electron chi connectivity index (χ1n) is 4.57. The minimum Gasteiger partial charge on any atom is -0.379 e. The maximum atomic E-state index is 11.6. The number of carbonyl (C=O) groups is 1. The third-order valence-electron chi connectivity index (χ3n) is 2.55. The Bertz CT molecular complexity index is 354. The molecule has 0 amide bonds. The minimum absolute atomic E-state index is 0.315. The highest BCUT2D eigenvalue weighted by Gasteiger charge is 2.24. The third kappa shape index (κ3) is 1.27. The second-order valence-electron chi connectivity index (χ2n) is 3.37. The highest BCUT2D eigenvalue weighted by molar-refractivity contribution is 7.16. The van der Waals surface area contributed by atoms with E-state index in [1.807, 2.05) is 7.05 Å². The molecule has 0 radical (unpaired) electrons. The van der Waals surface area contributed by atoms with Crippen LogP contribution >= 0.6 is 11.3 Å². The van der Waals surface area contributed by atoms with Crippen molar-refractivity contribution < 1.29 is 4.79 Å². The molecular weight excluding hydrogens is 182 g/mol. The molecule has 1 aromatic heterocycles. The summed E-state index contributed by atoms with van der Waals surface area (Å²) < 4.78 is 0.